The molecule has 3 aliphatic rings. The van der Waals surface area contributed by atoms with Crippen molar-refractivity contribution in [2.45, 2.75) is 12.4 Å². The van der Waals surface area contributed by atoms with Crippen LogP contribution in [0.3, 0.4) is 0 Å². The molecule has 1 aliphatic carbocycles. The van der Waals surface area contributed by atoms with E-state index in [0.29, 0.717) is 12.2 Å². The van der Waals surface area contributed by atoms with E-state index in [1.807, 2.05) is 12.1 Å². The maximum atomic E-state index is 12.4. The maximum absolute atomic E-state index is 12.4. The number of rotatable bonds is 2. The molecule has 0 unspecified atom stereocenters. The van der Waals surface area contributed by atoms with Gasteiger partial charge in [-0.2, -0.15) is 0 Å². The van der Waals surface area contributed by atoms with E-state index >= 15 is 0 Å². The third-order valence-corrected chi connectivity index (χ3v) is 4.74. The van der Waals surface area contributed by atoms with E-state index in [9.17, 15) is 9.59 Å². The summed E-state index contributed by atoms with van der Waals surface area (Å²) in [7, 11) is 0. The van der Waals surface area contributed by atoms with Crippen molar-refractivity contribution in [1.29, 1.82) is 0 Å². The van der Waals surface area contributed by atoms with Crippen LogP contribution in [0.1, 0.15) is 10.4 Å². The summed E-state index contributed by atoms with van der Waals surface area (Å²) in [5, 5.41) is 0. The first-order valence-corrected chi connectivity index (χ1v) is 7.06. The van der Waals surface area contributed by atoms with Gasteiger partial charge in [-0.3, -0.25) is 9.59 Å². The van der Waals surface area contributed by atoms with Crippen molar-refractivity contribution < 1.29 is 19.1 Å². The Labute approximate surface area is 118 Å². The molecular formula is C14H11BrO4. The van der Waals surface area contributed by atoms with Gasteiger partial charge in [0.2, 0.25) is 6.29 Å². The number of halogens is 1. The molecule has 2 saturated heterocycles. The number of hydrogen-bond donors (Lipinski definition) is 0. The van der Waals surface area contributed by atoms with Gasteiger partial charge >= 0.3 is 0 Å². The highest BCUT2D eigenvalue weighted by atomic mass is 79.9. The second kappa shape index (κ2) is 3.98. The van der Waals surface area contributed by atoms with E-state index in [4.69, 9.17) is 9.47 Å². The zero-order chi connectivity index (χ0) is 13.1. The molecule has 2 bridgehead atoms. The normalized spacial score (nSPS) is 39.0. The minimum atomic E-state index is -0.728. The number of carbonyl (C=O) groups is 2. The third kappa shape index (κ3) is 1.65. The average Bonchev–Trinajstić information content (AvgIpc) is 3.02. The van der Waals surface area contributed by atoms with Crippen LogP contribution < -0.4 is 0 Å². The van der Waals surface area contributed by atoms with Crippen LogP contribution in [0.4, 0.5) is 0 Å². The van der Waals surface area contributed by atoms with Crippen molar-refractivity contribution in [2.24, 2.45) is 17.8 Å². The molecule has 2 aliphatic heterocycles. The highest BCUT2D eigenvalue weighted by Crippen LogP contribution is 2.57. The second-order valence-electron chi connectivity index (χ2n) is 5.24. The summed E-state index contributed by atoms with van der Waals surface area (Å²) in [5.41, 5.74) is 0.659. The van der Waals surface area contributed by atoms with Gasteiger partial charge in [0.05, 0.1) is 12.7 Å². The quantitative estimate of drug-likeness (QED) is 0.779. The molecule has 98 valence electrons. The highest BCUT2D eigenvalue weighted by molar-refractivity contribution is 9.10. The van der Waals surface area contributed by atoms with Gasteiger partial charge in [-0.1, -0.05) is 28.1 Å². The van der Waals surface area contributed by atoms with Crippen molar-refractivity contribution in [1.82, 2.24) is 0 Å². The Hall–Kier alpha value is -1.04. The summed E-state index contributed by atoms with van der Waals surface area (Å²) < 4.78 is 11.7. The number of carbonyl (C=O) groups excluding carboxylic acids is 2. The molecule has 19 heavy (non-hydrogen) atoms. The molecule has 0 aromatic heterocycles. The standard InChI is InChI=1S/C14H11BrO4/c15-7-3-1-6(2-4-7)12(16)10-9-8-5-18-14(19-8)13(17)11(9)10/h1-4,8-11,14H,5H2/t8-,9+,10+,11-,14+/m0/s1. The molecule has 3 fully saturated rings. The lowest BCUT2D eigenvalue weighted by Crippen LogP contribution is -2.30. The fourth-order valence-corrected chi connectivity index (χ4v) is 3.50. The summed E-state index contributed by atoms with van der Waals surface area (Å²) in [6, 6.07) is 7.26. The summed E-state index contributed by atoms with van der Waals surface area (Å²) in [6.07, 6.45) is -0.814. The van der Waals surface area contributed by atoms with Crippen LogP contribution in [0, 0.1) is 17.8 Å². The van der Waals surface area contributed by atoms with Crippen LogP contribution in [0.25, 0.3) is 0 Å². The van der Waals surface area contributed by atoms with Crippen molar-refractivity contribution >= 4 is 27.5 Å². The molecule has 0 amide bonds. The van der Waals surface area contributed by atoms with E-state index in [0.717, 1.165) is 4.47 Å². The van der Waals surface area contributed by atoms with Crippen molar-refractivity contribution in [2.75, 3.05) is 6.61 Å². The molecule has 1 aromatic rings. The maximum Gasteiger partial charge on any atom is 0.218 e. The number of benzene rings is 1. The first kappa shape index (κ1) is 11.8. The van der Waals surface area contributed by atoms with Gasteiger partial charge in [0.1, 0.15) is 0 Å². The van der Waals surface area contributed by atoms with Gasteiger partial charge in [-0.25, -0.2) is 0 Å². The summed E-state index contributed by atoms with van der Waals surface area (Å²) in [4.78, 5) is 24.5. The minimum Gasteiger partial charge on any atom is -0.343 e. The fraction of sp³-hybridized carbons (Fsp3) is 0.429. The topological polar surface area (TPSA) is 52.6 Å². The van der Waals surface area contributed by atoms with Crippen LogP contribution in [0.15, 0.2) is 28.7 Å². The lowest BCUT2D eigenvalue weighted by molar-refractivity contribution is -0.153. The van der Waals surface area contributed by atoms with Gasteiger partial charge < -0.3 is 9.47 Å². The number of ether oxygens (including phenoxy) is 2. The number of Topliss-reactive ketones (excluding diaryl/α,β-unsaturated/α-hetero) is 2. The molecular weight excluding hydrogens is 312 g/mol. The first-order valence-electron chi connectivity index (χ1n) is 6.27. The van der Waals surface area contributed by atoms with Gasteiger partial charge in [0.15, 0.2) is 11.6 Å². The van der Waals surface area contributed by atoms with Crippen LogP contribution in [0.5, 0.6) is 0 Å². The van der Waals surface area contributed by atoms with Crippen LogP contribution in [-0.2, 0) is 14.3 Å². The van der Waals surface area contributed by atoms with Gasteiger partial charge in [-0.15, -0.1) is 0 Å². The summed E-state index contributed by atoms with van der Waals surface area (Å²) in [5.74, 6) is -0.404. The predicted molar refractivity (Wildman–Crippen MR) is 68.6 cm³/mol. The minimum absolute atomic E-state index is 0.0161. The number of ketones is 2. The Morgan fingerprint density at radius 1 is 1.26 bits per heavy atom. The van der Waals surface area contributed by atoms with Crippen LogP contribution in [0.2, 0.25) is 0 Å². The van der Waals surface area contributed by atoms with Crippen LogP contribution >= 0.6 is 15.9 Å². The Morgan fingerprint density at radius 2 is 2.00 bits per heavy atom. The Bertz CT molecular complexity index is 567. The monoisotopic (exact) mass is 322 g/mol. The van der Waals surface area contributed by atoms with E-state index in [1.165, 1.54) is 0 Å². The van der Waals surface area contributed by atoms with Gasteiger partial charge in [-0.05, 0) is 12.1 Å². The first-order chi connectivity index (χ1) is 9.16. The lowest BCUT2D eigenvalue weighted by Gasteiger charge is -2.14. The molecule has 4 rings (SSSR count). The molecule has 0 radical (unpaired) electrons. The van der Waals surface area contributed by atoms with E-state index in [-0.39, 0.29) is 35.4 Å². The lowest BCUT2D eigenvalue weighted by atomic mass is 10.0. The SMILES string of the molecule is O=C1[C@@H]2OC[C@H](O2)[C@H]2[C@H]1[C@@H]2C(=O)c1ccc(Br)cc1. The van der Waals surface area contributed by atoms with Crippen molar-refractivity contribution in [3.63, 3.8) is 0 Å². The van der Waals surface area contributed by atoms with Crippen molar-refractivity contribution in [3.05, 3.63) is 34.3 Å². The zero-order valence-corrected chi connectivity index (χ0v) is 11.5. The second-order valence-corrected chi connectivity index (χ2v) is 6.16. The smallest absolute Gasteiger partial charge is 0.218 e. The van der Waals surface area contributed by atoms with E-state index in [2.05, 4.69) is 15.9 Å². The molecule has 5 atom stereocenters. The van der Waals surface area contributed by atoms with Crippen LogP contribution in [-0.4, -0.2) is 30.6 Å². The largest absolute Gasteiger partial charge is 0.343 e. The van der Waals surface area contributed by atoms with E-state index in [1.54, 1.807) is 12.1 Å². The van der Waals surface area contributed by atoms with Gasteiger partial charge in [0, 0.05) is 27.8 Å². The number of fused-ring (bicyclic) bond motifs is 4. The molecule has 4 nitrogen and oxygen atoms in total. The average molecular weight is 323 g/mol. The predicted octanol–water partition coefficient (Wildman–Crippen LogP) is 1.82. The number of hydrogen-bond acceptors (Lipinski definition) is 4. The zero-order valence-electron chi connectivity index (χ0n) is 9.91. The van der Waals surface area contributed by atoms with Crippen molar-refractivity contribution in [3.8, 4) is 0 Å². The molecule has 5 heteroatoms. The Morgan fingerprint density at radius 3 is 2.74 bits per heavy atom. The third-order valence-electron chi connectivity index (χ3n) is 4.21. The molecule has 0 spiro atoms. The molecule has 1 aromatic carbocycles. The highest BCUT2D eigenvalue weighted by Gasteiger charge is 2.68. The molecule has 2 heterocycles. The Balaban J connectivity index is 1.60. The fourth-order valence-electron chi connectivity index (χ4n) is 3.24. The molecule has 0 N–H and O–H groups in total. The Kier molecular flexibility index (Phi) is 2.46. The van der Waals surface area contributed by atoms with E-state index < -0.39 is 6.29 Å². The van der Waals surface area contributed by atoms with Gasteiger partial charge in [0.25, 0.3) is 0 Å². The summed E-state index contributed by atoms with van der Waals surface area (Å²) >= 11 is 3.34. The molecule has 1 saturated carbocycles. The summed E-state index contributed by atoms with van der Waals surface area (Å²) in [6.45, 7) is 0.432.